The number of nitrogens with one attached hydrogen (secondary N) is 2. The molecule has 0 saturated carbocycles. The molecule has 0 unspecified atom stereocenters. The van der Waals surface area contributed by atoms with Gasteiger partial charge in [-0.2, -0.15) is 0 Å². The maximum atomic E-state index is 12.2. The molecule has 0 aliphatic heterocycles. The molecular formula is C18H21ClN2O2. The second kappa shape index (κ2) is 7.99. The van der Waals surface area contributed by atoms with Gasteiger partial charge in [-0.25, -0.2) is 0 Å². The molecule has 0 aliphatic rings. The number of hydrogen-bond acceptors (Lipinski definition) is 3. The van der Waals surface area contributed by atoms with Crippen LogP contribution in [-0.2, 0) is 4.79 Å². The van der Waals surface area contributed by atoms with Gasteiger partial charge in [0, 0.05) is 11.1 Å². The molecule has 0 saturated heterocycles. The lowest BCUT2D eigenvalue weighted by Crippen LogP contribution is -2.30. The average molecular weight is 333 g/mol. The fourth-order valence-corrected chi connectivity index (χ4v) is 2.60. The van der Waals surface area contributed by atoms with Crippen LogP contribution in [0.4, 0.5) is 5.69 Å². The molecule has 4 nitrogen and oxygen atoms in total. The number of ether oxygens (including phenoxy) is 1. The molecule has 23 heavy (non-hydrogen) atoms. The molecule has 0 spiro atoms. The fourth-order valence-electron chi connectivity index (χ4n) is 2.30. The number of rotatable bonds is 6. The monoisotopic (exact) mass is 332 g/mol. The predicted octanol–water partition coefficient (Wildman–Crippen LogP) is 3.95. The van der Waals surface area contributed by atoms with Crippen molar-refractivity contribution in [3.63, 3.8) is 0 Å². The van der Waals surface area contributed by atoms with Gasteiger partial charge in [-0.1, -0.05) is 35.9 Å². The Morgan fingerprint density at radius 1 is 1.26 bits per heavy atom. The first-order chi connectivity index (χ1) is 11.0. The van der Waals surface area contributed by atoms with Crippen LogP contribution in [0.1, 0.15) is 24.1 Å². The van der Waals surface area contributed by atoms with E-state index in [4.69, 9.17) is 16.3 Å². The van der Waals surface area contributed by atoms with Crippen molar-refractivity contribution in [3.05, 3.63) is 58.6 Å². The summed E-state index contributed by atoms with van der Waals surface area (Å²) < 4.78 is 5.26. The molecule has 2 N–H and O–H groups in total. The Morgan fingerprint density at radius 2 is 2.00 bits per heavy atom. The van der Waals surface area contributed by atoms with Crippen molar-refractivity contribution in [2.75, 3.05) is 19.0 Å². The number of carbonyl (C=O) groups is 1. The van der Waals surface area contributed by atoms with Gasteiger partial charge in [0.05, 0.1) is 19.3 Å². The fraction of sp³-hybridized carbons (Fsp3) is 0.278. The second-order valence-corrected chi connectivity index (χ2v) is 5.78. The lowest BCUT2D eigenvalue weighted by Gasteiger charge is -2.16. The normalized spacial score (nSPS) is 11.8. The molecule has 5 heteroatoms. The number of hydrogen-bond donors (Lipinski definition) is 2. The summed E-state index contributed by atoms with van der Waals surface area (Å²) in [6, 6.07) is 13.2. The number of halogens is 1. The van der Waals surface area contributed by atoms with Crippen molar-refractivity contribution in [3.8, 4) is 5.75 Å². The van der Waals surface area contributed by atoms with Gasteiger partial charge in [-0.05, 0) is 43.2 Å². The summed E-state index contributed by atoms with van der Waals surface area (Å²) in [5.41, 5.74) is 2.69. The van der Waals surface area contributed by atoms with Gasteiger partial charge in [0.15, 0.2) is 0 Å². The van der Waals surface area contributed by atoms with E-state index in [9.17, 15) is 4.79 Å². The van der Waals surface area contributed by atoms with Crippen molar-refractivity contribution in [2.24, 2.45) is 0 Å². The van der Waals surface area contributed by atoms with Crippen molar-refractivity contribution in [1.29, 1.82) is 0 Å². The minimum Gasteiger partial charge on any atom is -0.495 e. The van der Waals surface area contributed by atoms with Crippen LogP contribution >= 0.6 is 11.6 Å². The molecule has 0 aromatic heterocycles. The van der Waals surface area contributed by atoms with Crippen LogP contribution < -0.4 is 15.4 Å². The Labute approximate surface area is 141 Å². The third-order valence-electron chi connectivity index (χ3n) is 3.57. The van der Waals surface area contributed by atoms with Crippen LogP contribution in [0.15, 0.2) is 42.5 Å². The summed E-state index contributed by atoms with van der Waals surface area (Å²) in [7, 11) is 1.58. The molecule has 0 aliphatic carbocycles. The summed E-state index contributed by atoms with van der Waals surface area (Å²) in [5, 5.41) is 6.73. The minimum absolute atomic E-state index is 0.0196. The molecule has 122 valence electrons. The van der Waals surface area contributed by atoms with Crippen molar-refractivity contribution in [1.82, 2.24) is 5.32 Å². The predicted molar refractivity (Wildman–Crippen MR) is 94.2 cm³/mol. The molecule has 1 amide bonds. The van der Waals surface area contributed by atoms with E-state index in [1.807, 2.05) is 56.3 Å². The van der Waals surface area contributed by atoms with Crippen molar-refractivity contribution in [2.45, 2.75) is 19.9 Å². The lowest BCUT2D eigenvalue weighted by molar-refractivity contribution is -0.115. The average Bonchev–Trinajstić information content (AvgIpc) is 2.53. The maximum Gasteiger partial charge on any atom is 0.238 e. The molecule has 0 bridgehead atoms. The van der Waals surface area contributed by atoms with Gasteiger partial charge >= 0.3 is 0 Å². The smallest absolute Gasteiger partial charge is 0.238 e. The number of carbonyl (C=O) groups excluding carboxylic acids is 1. The van der Waals surface area contributed by atoms with Gasteiger partial charge < -0.3 is 15.4 Å². The van der Waals surface area contributed by atoms with Gasteiger partial charge in [-0.3, -0.25) is 4.79 Å². The van der Waals surface area contributed by atoms with Crippen LogP contribution in [0.3, 0.4) is 0 Å². The molecule has 2 rings (SSSR count). The quantitative estimate of drug-likeness (QED) is 0.842. The summed E-state index contributed by atoms with van der Waals surface area (Å²) in [6.07, 6.45) is 0. The summed E-state index contributed by atoms with van der Waals surface area (Å²) in [4.78, 5) is 12.2. The highest BCUT2D eigenvalue weighted by atomic mass is 35.5. The Kier molecular flexibility index (Phi) is 6.02. The topological polar surface area (TPSA) is 50.4 Å². The van der Waals surface area contributed by atoms with Crippen molar-refractivity contribution >= 4 is 23.2 Å². The number of anilines is 1. The van der Waals surface area contributed by atoms with Gasteiger partial charge in [0.2, 0.25) is 5.91 Å². The Hall–Kier alpha value is -2.04. The molecule has 1 atom stereocenters. The van der Waals surface area contributed by atoms with Crippen LogP contribution in [0.25, 0.3) is 0 Å². The lowest BCUT2D eigenvalue weighted by atomic mass is 10.1. The first-order valence-corrected chi connectivity index (χ1v) is 7.81. The Bertz CT molecular complexity index is 688. The number of methoxy groups -OCH3 is 1. The van der Waals surface area contributed by atoms with Crippen LogP contribution in [0.2, 0.25) is 5.02 Å². The number of benzene rings is 2. The molecule has 0 radical (unpaired) electrons. The molecule has 2 aromatic carbocycles. The molecular weight excluding hydrogens is 312 g/mol. The highest BCUT2D eigenvalue weighted by Crippen LogP contribution is 2.25. The number of aryl methyl sites for hydroxylation is 1. The SMILES string of the molecule is COc1ccc(C)cc1NC(=O)CN[C@H](C)c1ccccc1Cl. The van der Waals surface area contributed by atoms with Crippen LogP contribution in [0.5, 0.6) is 5.75 Å². The summed E-state index contributed by atoms with van der Waals surface area (Å²) >= 11 is 6.16. The zero-order valence-electron chi connectivity index (χ0n) is 13.5. The van der Waals surface area contributed by atoms with Crippen molar-refractivity contribution < 1.29 is 9.53 Å². The first kappa shape index (κ1) is 17.3. The summed E-state index contributed by atoms with van der Waals surface area (Å²) in [5.74, 6) is 0.510. The third kappa shape index (κ3) is 4.71. The van der Waals surface area contributed by atoms with Crippen LogP contribution in [-0.4, -0.2) is 19.6 Å². The highest BCUT2D eigenvalue weighted by molar-refractivity contribution is 6.31. The van der Waals surface area contributed by atoms with E-state index in [1.165, 1.54) is 0 Å². The molecule has 0 fully saturated rings. The van der Waals surface area contributed by atoms with E-state index in [-0.39, 0.29) is 18.5 Å². The summed E-state index contributed by atoms with van der Waals surface area (Å²) in [6.45, 7) is 4.12. The third-order valence-corrected chi connectivity index (χ3v) is 3.91. The Balaban J connectivity index is 1.95. The maximum absolute atomic E-state index is 12.2. The zero-order chi connectivity index (χ0) is 16.8. The minimum atomic E-state index is -0.132. The highest BCUT2D eigenvalue weighted by Gasteiger charge is 2.12. The number of amides is 1. The van der Waals surface area contributed by atoms with Gasteiger partial charge in [-0.15, -0.1) is 0 Å². The largest absolute Gasteiger partial charge is 0.495 e. The van der Waals surface area contributed by atoms with Gasteiger partial charge in [0.1, 0.15) is 5.75 Å². The van der Waals surface area contributed by atoms with E-state index < -0.39 is 0 Å². The standard InChI is InChI=1S/C18H21ClN2O2/c1-12-8-9-17(23-3)16(10-12)21-18(22)11-20-13(2)14-6-4-5-7-15(14)19/h4-10,13,20H,11H2,1-3H3,(H,21,22)/t13-/m1/s1. The van der Waals surface area contributed by atoms with E-state index in [0.29, 0.717) is 16.5 Å². The van der Waals surface area contributed by atoms with E-state index in [1.54, 1.807) is 7.11 Å². The second-order valence-electron chi connectivity index (χ2n) is 5.38. The Morgan fingerprint density at radius 3 is 2.70 bits per heavy atom. The zero-order valence-corrected chi connectivity index (χ0v) is 14.3. The van der Waals surface area contributed by atoms with Crippen LogP contribution in [0, 0.1) is 6.92 Å². The van der Waals surface area contributed by atoms with Gasteiger partial charge in [0.25, 0.3) is 0 Å². The first-order valence-electron chi connectivity index (χ1n) is 7.43. The van der Waals surface area contributed by atoms with E-state index in [0.717, 1.165) is 11.1 Å². The van der Waals surface area contributed by atoms with E-state index >= 15 is 0 Å². The molecule has 2 aromatic rings. The molecule has 0 heterocycles. The van der Waals surface area contributed by atoms with E-state index in [2.05, 4.69) is 10.6 Å².